The van der Waals surface area contributed by atoms with Crippen LogP contribution in [0.15, 0.2) is 18.2 Å². The lowest BCUT2D eigenvalue weighted by Gasteiger charge is -2.07. The molecule has 0 aliphatic rings. The molecule has 132 valence electrons. The van der Waals surface area contributed by atoms with Crippen molar-refractivity contribution in [2.24, 2.45) is 0 Å². The van der Waals surface area contributed by atoms with Crippen molar-refractivity contribution in [3.63, 3.8) is 0 Å². The topological polar surface area (TPSA) is 128 Å². The number of unbranched alkanes of at least 4 members (excludes halogenated alkanes) is 1. The zero-order valence-electron chi connectivity index (χ0n) is 13.7. The molecule has 1 aromatic heterocycles. The van der Waals surface area contributed by atoms with Gasteiger partial charge in [-0.1, -0.05) is 24.5 Å². The summed E-state index contributed by atoms with van der Waals surface area (Å²) in [4.78, 5) is 24.0. The molecule has 1 aromatic carbocycles. The lowest BCUT2D eigenvalue weighted by atomic mass is 10.1. The molecule has 2 N–H and O–H groups in total. The molecule has 0 radical (unpaired) electrons. The Morgan fingerprint density at radius 3 is 2.88 bits per heavy atom. The Kier molecular flexibility index (Phi) is 6.06. The molecule has 0 unspecified atom stereocenters. The number of nitrogens with one attached hydrogen (secondary N) is 2. The molecule has 0 aliphatic carbocycles. The maximum Gasteiger partial charge on any atom is 0.273 e. The standard InChI is InChI=1S/C14H17N7O3S/c1-3-4-7-20-18-13(17-19-20)16-14(25)15-12(22)10-6-5-9(2)11(8-10)21(23)24/h5-6,8H,3-4,7H2,1-2H3,(H2,15,16,18,22,25). The van der Waals surface area contributed by atoms with Crippen molar-refractivity contribution in [3.8, 4) is 0 Å². The van der Waals surface area contributed by atoms with Crippen LogP contribution in [0.2, 0.25) is 0 Å². The third kappa shape index (κ3) is 5.01. The van der Waals surface area contributed by atoms with E-state index < -0.39 is 10.8 Å². The van der Waals surface area contributed by atoms with Crippen LogP contribution in [0.5, 0.6) is 0 Å². The van der Waals surface area contributed by atoms with Crippen molar-refractivity contribution in [3.05, 3.63) is 39.4 Å². The summed E-state index contributed by atoms with van der Waals surface area (Å²) < 4.78 is 0. The van der Waals surface area contributed by atoms with Gasteiger partial charge >= 0.3 is 0 Å². The molecule has 2 aromatic rings. The molecule has 0 saturated heterocycles. The van der Waals surface area contributed by atoms with Crippen LogP contribution >= 0.6 is 12.2 Å². The average Bonchev–Trinajstić information content (AvgIpc) is 3.00. The first-order chi connectivity index (χ1) is 11.9. The van der Waals surface area contributed by atoms with Crippen LogP contribution in [0.3, 0.4) is 0 Å². The van der Waals surface area contributed by atoms with Gasteiger partial charge in [0.1, 0.15) is 0 Å². The van der Waals surface area contributed by atoms with Gasteiger partial charge in [0.2, 0.25) is 0 Å². The van der Waals surface area contributed by atoms with Gasteiger partial charge in [-0.15, -0.1) is 5.10 Å². The fourth-order valence-electron chi connectivity index (χ4n) is 1.94. The normalized spacial score (nSPS) is 10.3. The van der Waals surface area contributed by atoms with Gasteiger partial charge in [0.15, 0.2) is 5.11 Å². The van der Waals surface area contributed by atoms with Crippen LogP contribution in [-0.2, 0) is 6.54 Å². The van der Waals surface area contributed by atoms with Gasteiger partial charge in [-0.05, 0) is 36.8 Å². The first-order valence-corrected chi connectivity index (χ1v) is 7.96. The van der Waals surface area contributed by atoms with Gasteiger partial charge in [0, 0.05) is 17.2 Å². The van der Waals surface area contributed by atoms with Crippen molar-refractivity contribution >= 4 is 34.9 Å². The van der Waals surface area contributed by atoms with Crippen molar-refractivity contribution in [2.75, 3.05) is 5.32 Å². The number of hydrogen-bond donors (Lipinski definition) is 2. The summed E-state index contributed by atoms with van der Waals surface area (Å²) in [6, 6.07) is 4.19. The number of carbonyl (C=O) groups is 1. The number of aryl methyl sites for hydroxylation is 2. The summed E-state index contributed by atoms with van der Waals surface area (Å²) in [5, 5.41) is 27.7. The Morgan fingerprint density at radius 2 is 2.20 bits per heavy atom. The zero-order valence-corrected chi connectivity index (χ0v) is 14.5. The van der Waals surface area contributed by atoms with E-state index >= 15 is 0 Å². The van der Waals surface area contributed by atoms with E-state index in [4.69, 9.17) is 12.2 Å². The summed E-state index contributed by atoms with van der Waals surface area (Å²) in [5.41, 5.74) is 0.461. The summed E-state index contributed by atoms with van der Waals surface area (Å²) in [6.45, 7) is 4.28. The first-order valence-electron chi connectivity index (χ1n) is 7.56. The van der Waals surface area contributed by atoms with Gasteiger partial charge in [0.05, 0.1) is 11.5 Å². The van der Waals surface area contributed by atoms with Crippen molar-refractivity contribution in [1.82, 2.24) is 25.5 Å². The highest BCUT2D eigenvalue weighted by molar-refractivity contribution is 7.80. The lowest BCUT2D eigenvalue weighted by molar-refractivity contribution is -0.385. The van der Waals surface area contributed by atoms with Gasteiger partial charge in [-0.2, -0.15) is 4.80 Å². The predicted octanol–water partition coefficient (Wildman–Crippen LogP) is 1.82. The molecular formula is C14H17N7O3S. The smallest absolute Gasteiger partial charge is 0.273 e. The molecule has 2 rings (SSSR count). The third-order valence-corrected chi connectivity index (χ3v) is 3.49. The average molecular weight is 363 g/mol. The Balaban J connectivity index is 1.98. The van der Waals surface area contributed by atoms with E-state index in [1.807, 2.05) is 0 Å². The summed E-state index contributed by atoms with van der Waals surface area (Å²) >= 11 is 5.03. The minimum absolute atomic E-state index is 0.0248. The second-order valence-electron chi connectivity index (χ2n) is 5.23. The number of hydrogen-bond acceptors (Lipinski definition) is 7. The molecule has 0 saturated carbocycles. The number of carbonyl (C=O) groups excluding carboxylic acids is 1. The molecule has 10 nitrogen and oxygen atoms in total. The van der Waals surface area contributed by atoms with Gasteiger partial charge in [-0.3, -0.25) is 25.5 Å². The lowest BCUT2D eigenvalue weighted by Crippen LogP contribution is -2.34. The summed E-state index contributed by atoms with van der Waals surface area (Å²) in [7, 11) is 0. The Morgan fingerprint density at radius 1 is 1.44 bits per heavy atom. The fraction of sp³-hybridized carbons (Fsp3) is 0.357. The number of rotatable bonds is 6. The molecule has 1 amide bonds. The molecule has 1 heterocycles. The van der Waals surface area contributed by atoms with Gasteiger partial charge in [-0.25, -0.2) is 0 Å². The van der Waals surface area contributed by atoms with Crippen molar-refractivity contribution in [2.45, 2.75) is 33.2 Å². The zero-order chi connectivity index (χ0) is 18.4. The van der Waals surface area contributed by atoms with E-state index in [0.717, 1.165) is 12.8 Å². The highest BCUT2D eigenvalue weighted by Gasteiger charge is 2.16. The number of tetrazole rings is 1. The van der Waals surface area contributed by atoms with Crippen molar-refractivity contribution in [1.29, 1.82) is 0 Å². The minimum Gasteiger partial charge on any atom is -0.299 e. The number of nitro groups is 1. The molecule has 25 heavy (non-hydrogen) atoms. The molecule has 0 bridgehead atoms. The number of nitro benzene ring substituents is 1. The molecule has 11 heteroatoms. The number of thiocarbonyl (C=S) groups is 1. The third-order valence-electron chi connectivity index (χ3n) is 3.28. The van der Waals surface area contributed by atoms with E-state index in [1.54, 1.807) is 6.92 Å². The summed E-state index contributed by atoms with van der Waals surface area (Å²) in [6.07, 6.45) is 1.92. The number of nitrogens with zero attached hydrogens (tertiary/aromatic N) is 5. The molecule has 0 atom stereocenters. The number of aromatic nitrogens is 4. The molecular weight excluding hydrogens is 346 g/mol. The monoisotopic (exact) mass is 363 g/mol. The number of anilines is 1. The largest absolute Gasteiger partial charge is 0.299 e. The van der Waals surface area contributed by atoms with E-state index in [1.165, 1.54) is 23.0 Å². The van der Waals surface area contributed by atoms with E-state index in [2.05, 4.69) is 33.0 Å². The highest BCUT2D eigenvalue weighted by atomic mass is 32.1. The predicted molar refractivity (Wildman–Crippen MR) is 94.2 cm³/mol. The van der Waals surface area contributed by atoms with E-state index in [-0.39, 0.29) is 22.3 Å². The molecule has 0 fully saturated rings. The van der Waals surface area contributed by atoms with Crippen LogP contribution in [0, 0.1) is 17.0 Å². The summed E-state index contributed by atoms with van der Waals surface area (Å²) in [5.74, 6) is -0.407. The SMILES string of the molecule is CCCCn1nnc(NC(=S)NC(=O)c2ccc(C)c([N+](=O)[O-])c2)n1. The van der Waals surface area contributed by atoms with Crippen LogP contribution in [0.25, 0.3) is 0 Å². The maximum atomic E-state index is 12.2. The van der Waals surface area contributed by atoms with E-state index in [0.29, 0.717) is 12.1 Å². The fourth-order valence-corrected chi connectivity index (χ4v) is 2.13. The Hall–Kier alpha value is -2.95. The van der Waals surface area contributed by atoms with Crippen LogP contribution in [0.1, 0.15) is 35.7 Å². The Labute approximate surface area is 148 Å². The van der Waals surface area contributed by atoms with Crippen LogP contribution in [-0.4, -0.2) is 36.2 Å². The van der Waals surface area contributed by atoms with Gasteiger partial charge < -0.3 is 0 Å². The minimum atomic E-state index is -0.570. The van der Waals surface area contributed by atoms with Crippen LogP contribution < -0.4 is 10.6 Å². The van der Waals surface area contributed by atoms with Crippen molar-refractivity contribution < 1.29 is 9.72 Å². The van der Waals surface area contributed by atoms with E-state index in [9.17, 15) is 14.9 Å². The van der Waals surface area contributed by atoms with Crippen LogP contribution in [0.4, 0.5) is 11.6 Å². The number of benzene rings is 1. The highest BCUT2D eigenvalue weighted by Crippen LogP contribution is 2.19. The second kappa shape index (κ2) is 8.24. The quantitative estimate of drug-likeness (QED) is 0.452. The second-order valence-corrected chi connectivity index (χ2v) is 5.64. The number of amides is 1. The molecule has 0 spiro atoms. The Bertz CT molecular complexity index is 805. The molecule has 0 aliphatic heterocycles. The van der Waals surface area contributed by atoms with Gasteiger partial charge in [0.25, 0.3) is 17.5 Å². The first kappa shape index (κ1) is 18.4. The maximum absolute atomic E-state index is 12.2.